The van der Waals surface area contributed by atoms with E-state index in [1.54, 1.807) is 0 Å². The van der Waals surface area contributed by atoms with Gasteiger partial charge in [0.15, 0.2) is 5.96 Å². The molecule has 0 saturated carbocycles. The molecular formula is C18H37IN4O. The van der Waals surface area contributed by atoms with Crippen molar-refractivity contribution in [2.24, 2.45) is 4.99 Å². The molecule has 0 radical (unpaired) electrons. The molecule has 2 rings (SSSR count). The molecule has 24 heavy (non-hydrogen) atoms. The van der Waals surface area contributed by atoms with E-state index in [9.17, 15) is 0 Å². The second kappa shape index (κ2) is 10.8. The molecule has 2 aliphatic heterocycles. The largest absolute Gasteiger partial charge is 0.373 e. The van der Waals surface area contributed by atoms with Crippen LogP contribution in [-0.4, -0.2) is 61.3 Å². The number of halogens is 1. The molecule has 0 aromatic rings. The third-order valence-electron chi connectivity index (χ3n) is 5.20. The average molecular weight is 452 g/mol. The summed E-state index contributed by atoms with van der Waals surface area (Å²) in [6.45, 7) is 13.6. The van der Waals surface area contributed by atoms with Gasteiger partial charge in [0.1, 0.15) is 0 Å². The second-order valence-corrected chi connectivity index (χ2v) is 7.41. The minimum absolute atomic E-state index is 0. The van der Waals surface area contributed by atoms with Crippen molar-refractivity contribution in [3.63, 3.8) is 0 Å². The molecule has 0 aromatic carbocycles. The van der Waals surface area contributed by atoms with E-state index in [1.165, 1.54) is 25.8 Å². The quantitative estimate of drug-likeness (QED) is 0.370. The fraction of sp³-hybridized carbons (Fsp3) is 0.944. The van der Waals surface area contributed by atoms with Crippen LogP contribution in [-0.2, 0) is 4.74 Å². The summed E-state index contributed by atoms with van der Waals surface area (Å²) in [5, 5.41) is 6.88. The monoisotopic (exact) mass is 452 g/mol. The first-order valence-electron chi connectivity index (χ1n) is 9.46. The number of nitrogens with zero attached hydrogens (tertiary/aromatic N) is 2. The molecule has 0 bridgehead atoms. The summed E-state index contributed by atoms with van der Waals surface area (Å²) in [6.07, 6.45) is 6.30. The number of nitrogens with one attached hydrogen (secondary N) is 2. The maximum Gasteiger partial charge on any atom is 0.191 e. The SMILES string of the molecule is CCNC(=NCC1(C)CCCO1)NCC(C)N1CCCCC1C.I. The highest BCUT2D eigenvalue weighted by molar-refractivity contribution is 14.0. The molecule has 3 atom stereocenters. The highest BCUT2D eigenvalue weighted by Crippen LogP contribution is 2.25. The van der Waals surface area contributed by atoms with Crippen LogP contribution < -0.4 is 10.6 Å². The Bertz CT molecular complexity index is 385. The van der Waals surface area contributed by atoms with Crippen molar-refractivity contribution in [1.82, 2.24) is 15.5 Å². The number of rotatable bonds is 6. The van der Waals surface area contributed by atoms with E-state index in [-0.39, 0.29) is 29.6 Å². The van der Waals surface area contributed by atoms with Crippen LogP contribution in [0.4, 0.5) is 0 Å². The van der Waals surface area contributed by atoms with E-state index in [4.69, 9.17) is 9.73 Å². The minimum atomic E-state index is -0.0741. The number of likely N-dealkylation sites (tertiary alicyclic amines) is 1. The van der Waals surface area contributed by atoms with Gasteiger partial charge >= 0.3 is 0 Å². The summed E-state index contributed by atoms with van der Waals surface area (Å²) < 4.78 is 5.83. The normalized spacial score (nSPS) is 29.8. The second-order valence-electron chi connectivity index (χ2n) is 7.41. The van der Waals surface area contributed by atoms with Crippen molar-refractivity contribution in [2.45, 2.75) is 77.5 Å². The van der Waals surface area contributed by atoms with Gasteiger partial charge in [0.2, 0.25) is 0 Å². The van der Waals surface area contributed by atoms with Crippen LogP contribution in [0.1, 0.15) is 59.8 Å². The van der Waals surface area contributed by atoms with E-state index in [1.807, 2.05) is 0 Å². The van der Waals surface area contributed by atoms with Crippen LogP contribution in [0, 0.1) is 0 Å². The molecule has 2 fully saturated rings. The van der Waals surface area contributed by atoms with Gasteiger partial charge in [0, 0.05) is 31.8 Å². The molecule has 2 N–H and O–H groups in total. The summed E-state index contributed by atoms with van der Waals surface area (Å²) in [6, 6.07) is 1.23. The summed E-state index contributed by atoms with van der Waals surface area (Å²) in [7, 11) is 0. The van der Waals surface area contributed by atoms with E-state index in [2.05, 4.69) is 43.2 Å². The molecule has 2 aliphatic rings. The molecule has 142 valence electrons. The predicted octanol–water partition coefficient (Wildman–Crippen LogP) is 2.99. The Balaban J connectivity index is 0.00000288. The zero-order valence-corrected chi connectivity index (χ0v) is 18.3. The average Bonchev–Trinajstić information content (AvgIpc) is 2.97. The van der Waals surface area contributed by atoms with Crippen LogP contribution in [0.25, 0.3) is 0 Å². The Labute approximate surface area is 165 Å². The maximum absolute atomic E-state index is 5.83. The highest BCUT2D eigenvalue weighted by atomic mass is 127. The topological polar surface area (TPSA) is 48.9 Å². The smallest absolute Gasteiger partial charge is 0.191 e. The first-order valence-corrected chi connectivity index (χ1v) is 9.46. The Morgan fingerprint density at radius 1 is 1.33 bits per heavy atom. The summed E-state index contributed by atoms with van der Waals surface area (Å²) >= 11 is 0. The van der Waals surface area contributed by atoms with Gasteiger partial charge in [-0.05, 0) is 59.9 Å². The summed E-state index contributed by atoms with van der Waals surface area (Å²) in [5.41, 5.74) is -0.0741. The number of hydrogen-bond acceptors (Lipinski definition) is 3. The minimum Gasteiger partial charge on any atom is -0.373 e. The van der Waals surface area contributed by atoms with Gasteiger partial charge in [-0.3, -0.25) is 9.89 Å². The van der Waals surface area contributed by atoms with Gasteiger partial charge in [0.25, 0.3) is 0 Å². The van der Waals surface area contributed by atoms with Gasteiger partial charge in [0.05, 0.1) is 12.1 Å². The number of piperidine rings is 1. The fourth-order valence-electron chi connectivity index (χ4n) is 3.69. The molecule has 0 aromatic heterocycles. The van der Waals surface area contributed by atoms with Crippen molar-refractivity contribution < 1.29 is 4.74 Å². The van der Waals surface area contributed by atoms with E-state index in [0.717, 1.165) is 45.0 Å². The number of ether oxygens (including phenoxy) is 1. The van der Waals surface area contributed by atoms with Crippen LogP contribution in [0.2, 0.25) is 0 Å². The molecular weight excluding hydrogens is 415 g/mol. The zero-order chi connectivity index (χ0) is 16.7. The summed E-state index contributed by atoms with van der Waals surface area (Å²) in [5.74, 6) is 0.917. The highest BCUT2D eigenvalue weighted by Gasteiger charge is 2.29. The molecule has 2 saturated heterocycles. The lowest BCUT2D eigenvalue weighted by Crippen LogP contribution is -2.50. The van der Waals surface area contributed by atoms with Crippen molar-refractivity contribution in [3.05, 3.63) is 0 Å². The number of aliphatic imine (C=N–C) groups is 1. The Kier molecular flexibility index (Phi) is 9.89. The Morgan fingerprint density at radius 2 is 2.12 bits per heavy atom. The number of hydrogen-bond donors (Lipinski definition) is 2. The molecule has 2 heterocycles. The van der Waals surface area contributed by atoms with Crippen molar-refractivity contribution in [1.29, 1.82) is 0 Å². The molecule has 0 spiro atoms. The van der Waals surface area contributed by atoms with Crippen LogP contribution in [0.3, 0.4) is 0 Å². The van der Waals surface area contributed by atoms with Crippen molar-refractivity contribution in [3.8, 4) is 0 Å². The maximum atomic E-state index is 5.83. The third-order valence-corrected chi connectivity index (χ3v) is 5.20. The number of guanidine groups is 1. The molecule has 6 heteroatoms. The van der Waals surface area contributed by atoms with Crippen molar-refractivity contribution in [2.75, 3.05) is 32.8 Å². The van der Waals surface area contributed by atoms with Gasteiger partial charge in [-0.15, -0.1) is 24.0 Å². The molecule has 0 aliphatic carbocycles. The van der Waals surface area contributed by atoms with Crippen LogP contribution in [0.15, 0.2) is 4.99 Å². The molecule has 3 unspecified atom stereocenters. The lowest BCUT2D eigenvalue weighted by molar-refractivity contribution is 0.0283. The van der Waals surface area contributed by atoms with Crippen LogP contribution in [0.5, 0.6) is 0 Å². The first kappa shape index (κ1) is 22.0. The van der Waals surface area contributed by atoms with Gasteiger partial charge in [-0.2, -0.15) is 0 Å². The van der Waals surface area contributed by atoms with E-state index in [0.29, 0.717) is 12.1 Å². The standard InChI is InChI=1S/C18H36N4O.HI/c1-5-19-17(21-14-18(4)10-8-12-23-18)20-13-16(3)22-11-7-6-9-15(22)2;/h15-16H,5-14H2,1-4H3,(H2,19,20,21);1H. The predicted molar refractivity (Wildman–Crippen MR) is 112 cm³/mol. The molecule has 5 nitrogen and oxygen atoms in total. The van der Waals surface area contributed by atoms with Crippen LogP contribution >= 0.6 is 24.0 Å². The van der Waals surface area contributed by atoms with Gasteiger partial charge < -0.3 is 15.4 Å². The Morgan fingerprint density at radius 3 is 2.75 bits per heavy atom. The molecule has 0 amide bonds. The lowest BCUT2D eigenvalue weighted by Gasteiger charge is -2.38. The van der Waals surface area contributed by atoms with Gasteiger partial charge in [-0.25, -0.2) is 0 Å². The first-order chi connectivity index (χ1) is 11.0. The van der Waals surface area contributed by atoms with Crippen molar-refractivity contribution >= 4 is 29.9 Å². The fourth-order valence-corrected chi connectivity index (χ4v) is 3.69. The zero-order valence-electron chi connectivity index (χ0n) is 15.9. The van der Waals surface area contributed by atoms with E-state index >= 15 is 0 Å². The van der Waals surface area contributed by atoms with E-state index < -0.39 is 0 Å². The third kappa shape index (κ3) is 6.67. The Hall–Kier alpha value is -0.0800. The lowest BCUT2D eigenvalue weighted by atomic mass is 10.0. The summed E-state index contributed by atoms with van der Waals surface area (Å²) in [4.78, 5) is 7.38. The van der Waals surface area contributed by atoms with Gasteiger partial charge in [-0.1, -0.05) is 6.42 Å².